The Kier molecular flexibility index (Phi) is 7.23. The standard InChI is InChI=1S/C25H23FN2O4/c1-3-24(30)28-20-10-13-23(29)22(14-20)25(31)27-16(2)18-6-11-21(12-7-18)32-15-17-4-8-19(26)9-5-17/h3-14,16,29H,1,15H2,2H3,(H,27,31)(H,28,30). The molecule has 0 aliphatic rings. The smallest absolute Gasteiger partial charge is 0.255 e. The molecule has 1 unspecified atom stereocenters. The van der Waals surface area contributed by atoms with Crippen LogP contribution in [0.15, 0.2) is 79.4 Å². The van der Waals surface area contributed by atoms with Gasteiger partial charge in [-0.25, -0.2) is 4.39 Å². The highest BCUT2D eigenvalue weighted by Gasteiger charge is 2.16. The summed E-state index contributed by atoms with van der Waals surface area (Å²) in [5.74, 6) is -0.759. The van der Waals surface area contributed by atoms with Crippen molar-refractivity contribution in [1.29, 1.82) is 0 Å². The molecule has 0 aromatic heterocycles. The van der Waals surface area contributed by atoms with E-state index in [1.54, 1.807) is 24.3 Å². The highest BCUT2D eigenvalue weighted by atomic mass is 19.1. The quantitative estimate of drug-likeness (QED) is 0.353. The highest BCUT2D eigenvalue weighted by Crippen LogP contribution is 2.24. The van der Waals surface area contributed by atoms with E-state index in [2.05, 4.69) is 17.2 Å². The number of ether oxygens (including phenoxy) is 1. The van der Waals surface area contributed by atoms with Crippen LogP contribution in [0.4, 0.5) is 10.1 Å². The molecule has 7 heteroatoms. The second-order valence-electron chi connectivity index (χ2n) is 7.10. The van der Waals surface area contributed by atoms with E-state index in [0.29, 0.717) is 18.0 Å². The molecule has 0 saturated heterocycles. The molecule has 0 radical (unpaired) electrons. The molecule has 0 heterocycles. The highest BCUT2D eigenvalue weighted by molar-refractivity contribution is 6.02. The predicted molar refractivity (Wildman–Crippen MR) is 120 cm³/mol. The molecule has 0 fully saturated rings. The summed E-state index contributed by atoms with van der Waals surface area (Å²) >= 11 is 0. The third-order valence-electron chi connectivity index (χ3n) is 4.74. The Balaban J connectivity index is 1.61. The van der Waals surface area contributed by atoms with Crippen LogP contribution in [0.25, 0.3) is 0 Å². The lowest BCUT2D eigenvalue weighted by atomic mass is 10.1. The van der Waals surface area contributed by atoms with Crippen LogP contribution in [0.1, 0.15) is 34.5 Å². The molecular weight excluding hydrogens is 411 g/mol. The van der Waals surface area contributed by atoms with Crippen LogP contribution < -0.4 is 15.4 Å². The minimum absolute atomic E-state index is 0.0398. The number of hydrogen-bond donors (Lipinski definition) is 3. The van der Waals surface area contributed by atoms with Crippen molar-refractivity contribution in [2.75, 3.05) is 5.32 Å². The van der Waals surface area contributed by atoms with Gasteiger partial charge in [-0.05, 0) is 66.6 Å². The molecular formula is C25H23FN2O4. The lowest BCUT2D eigenvalue weighted by Crippen LogP contribution is -2.26. The van der Waals surface area contributed by atoms with Gasteiger partial charge in [-0.2, -0.15) is 0 Å². The number of amides is 2. The summed E-state index contributed by atoms with van der Waals surface area (Å²) in [5.41, 5.74) is 2.09. The fraction of sp³-hybridized carbons (Fsp3) is 0.120. The van der Waals surface area contributed by atoms with Gasteiger partial charge in [-0.3, -0.25) is 9.59 Å². The molecule has 0 saturated carbocycles. The van der Waals surface area contributed by atoms with Gasteiger partial charge >= 0.3 is 0 Å². The second-order valence-corrected chi connectivity index (χ2v) is 7.10. The number of rotatable bonds is 8. The Morgan fingerprint density at radius 2 is 1.78 bits per heavy atom. The zero-order valence-corrected chi connectivity index (χ0v) is 17.5. The molecule has 0 aliphatic carbocycles. The zero-order chi connectivity index (χ0) is 23.1. The van der Waals surface area contributed by atoms with Crippen molar-refractivity contribution < 1.29 is 23.8 Å². The summed E-state index contributed by atoms with van der Waals surface area (Å²) in [4.78, 5) is 24.1. The molecule has 1 atom stereocenters. The van der Waals surface area contributed by atoms with Gasteiger partial charge in [0.05, 0.1) is 11.6 Å². The first-order chi connectivity index (χ1) is 15.4. The number of anilines is 1. The van der Waals surface area contributed by atoms with E-state index in [-0.39, 0.29) is 23.2 Å². The van der Waals surface area contributed by atoms with Crippen LogP contribution in [0.3, 0.4) is 0 Å². The van der Waals surface area contributed by atoms with Crippen LogP contribution in [0, 0.1) is 5.82 Å². The zero-order valence-electron chi connectivity index (χ0n) is 17.5. The first kappa shape index (κ1) is 22.6. The van der Waals surface area contributed by atoms with Crippen molar-refractivity contribution in [2.24, 2.45) is 0 Å². The second kappa shape index (κ2) is 10.3. The molecule has 3 rings (SSSR count). The lowest BCUT2D eigenvalue weighted by Gasteiger charge is -2.16. The number of aromatic hydroxyl groups is 1. The summed E-state index contributed by atoms with van der Waals surface area (Å²) in [6.45, 7) is 5.50. The van der Waals surface area contributed by atoms with E-state index in [1.807, 2.05) is 19.1 Å². The maximum atomic E-state index is 13.0. The van der Waals surface area contributed by atoms with E-state index in [0.717, 1.165) is 17.2 Å². The number of carbonyl (C=O) groups excluding carboxylic acids is 2. The van der Waals surface area contributed by atoms with E-state index in [1.165, 1.54) is 30.3 Å². The molecule has 0 aliphatic heterocycles. The Morgan fingerprint density at radius 3 is 2.44 bits per heavy atom. The van der Waals surface area contributed by atoms with Crippen LogP contribution in [0.2, 0.25) is 0 Å². The summed E-state index contributed by atoms with van der Waals surface area (Å²) < 4.78 is 18.7. The average molecular weight is 434 g/mol. The van der Waals surface area contributed by atoms with Gasteiger partial charge in [0.15, 0.2) is 0 Å². The minimum Gasteiger partial charge on any atom is -0.507 e. The Hall–Kier alpha value is -4.13. The van der Waals surface area contributed by atoms with Crippen molar-refractivity contribution in [3.8, 4) is 11.5 Å². The Bertz CT molecular complexity index is 1110. The van der Waals surface area contributed by atoms with Gasteiger partial charge in [0.1, 0.15) is 23.9 Å². The van der Waals surface area contributed by atoms with Gasteiger partial charge in [0.25, 0.3) is 5.91 Å². The van der Waals surface area contributed by atoms with Crippen LogP contribution in [-0.4, -0.2) is 16.9 Å². The number of phenols is 1. The third-order valence-corrected chi connectivity index (χ3v) is 4.74. The van der Waals surface area contributed by atoms with Gasteiger partial charge < -0.3 is 20.5 Å². The van der Waals surface area contributed by atoms with Gasteiger partial charge in [0.2, 0.25) is 5.91 Å². The van der Waals surface area contributed by atoms with Crippen molar-refractivity contribution in [3.05, 3.63) is 102 Å². The van der Waals surface area contributed by atoms with Crippen molar-refractivity contribution in [2.45, 2.75) is 19.6 Å². The average Bonchev–Trinajstić information content (AvgIpc) is 2.80. The fourth-order valence-electron chi connectivity index (χ4n) is 2.95. The van der Waals surface area contributed by atoms with Crippen LogP contribution >= 0.6 is 0 Å². The molecule has 0 bridgehead atoms. The number of phenolic OH excluding ortho intramolecular Hbond substituents is 1. The summed E-state index contributed by atoms with van der Waals surface area (Å²) in [7, 11) is 0. The number of nitrogens with one attached hydrogen (secondary N) is 2. The summed E-state index contributed by atoms with van der Waals surface area (Å²) in [5, 5.41) is 15.4. The number of benzene rings is 3. The summed E-state index contributed by atoms with van der Waals surface area (Å²) in [6.07, 6.45) is 1.11. The number of hydrogen-bond acceptors (Lipinski definition) is 4. The SMILES string of the molecule is C=CC(=O)Nc1ccc(O)c(C(=O)NC(C)c2ccc(OCc3ccc(F)cc3)cc2)c1. The topological polar surface area (TPSA) is 87.7 Å². The first-order valence-corrected chi connectivity index (χ1v) is 9.90. The predicted octanol–water partition coefficient (Wildman–Crippen LogP) is 4.73. The fourth-order valence-corrected chi connectivity index (χ4v) is 2.95. The normalized spacial score (nSPS) is 11.3. The van der Waals surface area contributed by atoms with Crippen molar-refractivity contribution in [1.82, 2.24) is 5.32 Å². The maximum absolute atomic E-state index is 13.0. The molecule has 32 heavy (non-hydrogen) atoms. The van der Waals surface area contributed by atoms with Gasteiger partial charge in [-0.15, -0.1) is 0 Å². The lowest BCUT2D eigenvalue weighted by molar-refractivity contribution is -0.111. The largest absolute Gasteiger partial charge is 0.507 e. The maximum Gasteiger partial charge on any atom is 0.255 e. The van der Waals surface area contributed by atoms with Gasteiger partial charge in [0, 0.05) is 5.69 Å². The van der Waals surface area contributed by atoms with Crippen LogP contribution in [-0.2, 0) is 11.4 Å². The van der Waals surface area contributed by atoms with E-state index in [4.69, 9.17) is 4.74 Å². The molecule has 3 N–H and O–H groups in total. The van der Waals surface area contributed by atoms with Crippen molar-refractivity contribution in [3.63, 3.8) is 0 Å². The van der Waals surface area contributed by atoms with Crippen molar-refractivity contribution >= 4 is 17.5 Å². The van der Waals surface area contributed by atoms with E-state index in [9.17, 15) is 19.1 Å². The molecule has 164 valence electrons. The van der Waals surface area contributed by atoms with E-state index < -0.39 is 11.8 Å². The molecule has 6 nitrogen and oxygen atoms in total. The minimum atomic E-state index is -0.485. The monoisotopic (exact) mass is 434 g/mol. The number of carbonyl (C=O) groups is 2. The molecule has 0 spiro atoms. The third kappa shape index (κ3) is 5.95. The molecule has 3 aromatic carbocycles. The van der Waals surface area contributed by atoms with Crippen LogP contribution in [0.5, 0.6) is 11.5 Å². The first-order valence-electron chi connectivity index (χ1n) is 9.90. The van der Waals surface area contributed by atoms with Gasteiger partial charge in [-0.1, -0.05) is 30.8 Å². The Morgan fingerprint density at radius 1 is 1.09 bits per heavy atom. The molecule has 3 aromatic rings. The summed E-state index contributed by atoms with van der Waals surface area (Å²) in [6, 6.07) is 17.2. The molecule has 2 amide bonds. The van der Waals surface area contributed by atoms with E-state index >= 15 is 0 Å². The Labute approximate surface area is 185 Å². The number of halogens is 1.